The highest BCUT2D eigenvalue weighted by Gasteiger charge is 2.32. The summed E-state index contributed by atoms with van der Waals surface area (Å²) in [5.41, 5.74) is 4.81. The number of carbonyl (C=O) groups is 2. The van der Waals surface area contributed by atoms with Gasteiger partial charge in [0, 0.05) is 25.2 Å². The Morgan fingerprint density at radius 2 is 1.79 bits per heavy atom. The van der Waals surface area contributed by atoms with Gasteiger partial charge in [-0.15, -0.1) is 0 Å². The van der Waals surface area contributed by atoms with Crippen LogP contribution in [-0.2, 0) is 20.7 Å². The fourth-order valence-electron chi connectivity index (χ4n) is 3.45. The Hall–Kier alpha value is -4.36. The number of hydrogen-bond donors (Lipinski definition) is 2. The van der Waals surface area contributed by atoms with E-state index in [0.717, 1.165) is 6.33 Å². The van der Waals surface area contributed by atoms with E-state index in [-0.39, 0.29) is 35.6 Å². The summed E-state index contributed by atoms with van der Waals surface area (Å²) in [5, 5.41) is 22.5. The van der Waals surface area contributed by atoms with E-state index < -0.39 is 21.4 Å². The minimum Gasteiger partial charge on any atom is -0.469 e. The number of amides is 1. The van der Waals surface area contributed by atoms with Crippen molar-refractivity contribution in [1.29, 1.82) is 0 Å². The molecule has 3 rings (SSSR count). The fourth-order valence-corrected chi connectivity index (χ4v) is 3.45. The highest BCUT2D eigenvalue weighted by atomic mass is 16.6. The number of aromatic nitrogens is 2. The average Bonchev–Trinajstić information content (AvgIpc) is 2.82. The van der Waals surface area contributed by atoms with E-state index in [4.69, 9.17) is 4.74 Å². The second-order valence-electron chi connectivity index (χ2n) is 7.21. The maximum Gasteiger partial charge on any atom is 0.355 e. The van der Waals surface area contributed by atoms with Crippen LogP contribution in [0.3, 0.4) is 0 Å². The van der Waals surface area contributed by atoms with Gasteiger partial charge in [-0.2, -0.15) is 0 Å². The van der Waals surface area contributed by atoms with Crippen LogP contribution >= 0.6 is 0 Å². The Bertz CT molecular complexity index is 1050. The number of carbonyl (C=O) groups excluding carboxylic acids is 2. The summed E-state index contributed by atoms with van der Waals surface area (Å²) < 4.78 is 4.75. The number of non-ortho nitro benzene ring substituents is 1. The molecule has 0 atom stereocenters. The highest BCUT2D eigenvalue weighted by molar-refractivity contribution is 5.81. The van der Waals surface area contributed by atoms with Gasteiger partial charge in [0.15, 0.2) is 0 Å². The Balaban J connectivity index is 1.67. The molecule has 14 nitrogen and oxygen atoms in total. The van der Waals surface area contributed by atoms with Crippen LogP contribution in [0.4, 0.5) is 23.0 Å². The molecule has 0 spiro atoms. The van der Waals surface area contributed by atoms with Crippen LogP contribution in [0.15, 0.2) is 30.6 Å². The Morgan fingerprint density at radius 1 is 1.12 bits per heavy atom. The van der Waals surface area contributed by atoms with Crippen molar-refractivity contribution < 1.29 is 24.2 Å². The lowest BCUT2D eigenvalue weighted by Gasteiger charge is -2.31. The molecule has 1 fully saturated rings. The molecule has 14 heteroatoms. The van der Waals surface area contributed by atoms with Crippen molar-refractivity contribution in [3.8, 4) is 0 Å². The number of rotatable bonds is 8. The molecule has 0 radical (unpaired) electrons. The van der Waals surface area contributed by atoms with Crippen molar-refractivity contribution in [2.45, 2.75) is 19.3 Å². The lowest BCUT2D eigenvalue weighted by molar-refractivity contribution is -0.384. The molecule has 1 aromatic heterocycles. The zero-order valence-corrected chi connectivity index (χ0v) is 17.6. The average molecular weight is 459 g/mol. The van der Waals surface area contributed by atoms with Crippen LogP contribution in [0, 0.1) is 26.1 Å². The summed E-state index contributed by atoms with van der Waals surface area (Å²) in [6.07, 6.45) is 1.95. The maximum atomic E-state index is 12.2. The van der Waals surface area contributed by atoms with Crippen LogP contribution in [-0.4, -0.2) is 51.9 Å². The van der Waals surface area contributed by atoms with E-state index in [9.17, 15) is 29.8 Å². The summed E-state index contributed by atoms with van der Waals surface area (Å²) in [6, 6.07) is 5.45. The number of hydrogen-bond acceptors (Lipinski definition) is 11. The smallest absolute Gasteiger partial charge is 0.355 e. The zero-order valence-electron chi connectivity index (χ0n) is 17.6. The summed E-state index contributed by atoms with van der Waals surface area (Å²) in [6.45, 7) is 0.729. The monoisotopic (exact) mass is 459 g/mol. The van der Waals surface area contributed by atoms with Crippen LogP contribution in [0.25, 0.3) is 0 Å². The third kappa shape index (κ3) is 5.66. The number of nitrogens with one attached hydrogen (secondary N) is 2. The van der Waals surface area contributed by atoms with Gasteiger partial charge in [0.1, 0.15) is 6.33 Å². The normalized spacial score (nSPS) is 13.8. The number of ether oxygens (including phenoxy) is 1. The number of nitro benzene ring substituents is 1. The molecule has 2 heterocycles. The standard InChI is InChI=1S/C19H21N7O7/c1-33-19(28)13-6-8-24(9-7-13)18-16(26(31)32)17(20-11-21-18)23-22-15(27)10-12-2-4-14(5-3-12)25(29)30/h2-5,11,13H,6-10H2,1H3,(H,22,27)(H,20,21,23). The second kappa shape index (κ2) is 10.3. The van der Waals surface area contributed by atoms with Gasteiger partial charge >= 0.3 is 11.7 Å². The lowest BCUT2D eigenvalue weighted by Crippen LogP contribution is -2.38. The zero-order chi connectivity index (χ0) is 24.0. The first-order valence-corrected chi connectivity index (χ1v) is 9.90. The number of benzene rings is 1. The highest BCUT2D eigenvalue weighted by Crippen LogP contribution is 2.33. The first kappa shape index (κ1) is 23.3. The van der Waals surface area contributed by atoms with Gasteiger partial charge in [-0.3, -0.25) is 40.7 Å². The molecule has 2 N–H and O–H groups in total. The summed E-state index contributed by atoms with van der Waals surface area (Å²) >= 11 is 0. The van der Waals surface area contributed by atoms with Gasteiger partial charge in [-0.1, -0.05) is 12.1 Å². The molecule has 1 aliphatic heterocycles. The van der Waals surface area contributed by atoms with E-state index in [2.05, 4.69) is 20.8 Å². The van der Waals surface area contributed by atoms with Gasteiger partial charge in [-0.25, -0.2) is 9.97 Å². The van der Waals surface area contributed by atoms with E-state index in [1.165, 1.54) is 31.4 Å². The number of methoxy groups -OCH3 is 1. The van der Waals surface area contributed by atoms with Gasteiger partial charge in [0.05, 0.1) is 29.3 Å². The minimum absolute atomic E-state index is 0.0745. The third-order valence-electron chi connectivity index (χ3n) is 5.15. The third-order valence-corrected chi connectivity index (χ3v) is 5.15. The molecular formula is C19H21N7O7. The van der Waals surface area contributed by atoms with E-state index in [1.54, 1.807) is 4.90 Å². The Labute approximate surface area is 187 Å². The molecule has 1 saturated heterocycles. The molecule has 33 heavy (non-hydrogen) atoms. The van der Waals surface area contributed by atoms with Crippen LogP contribution in [0.2, 0.25) is 0 Å². The molecule has 1 aliphatic rings. The number of nitro groups is 2. The van der Waals surface area contributed by atoms with Crippen molar-refractivity contribution in [1.82, 2.24) is 15.4 Å². The molecule has 0 saturated carbocycles. The summed E-state index contributed by atoms with van der Waals surface area (Å²) in [4.78, 5) is 54.8. The molecule has 0 bridgehead atoms. The molecule has 0 unspecified atom stereocenters. The molecule has 0 aliphatic carbocycles. The quantitative estimate of drug-likeness (QED) is 0.330. The van der Waals surface area contributed by atoms with Gasteiger partial charge in [-0.05, 0) is 18.4 Å². The van der Waals surface area contributed by atoms with E-state index in [0.29, 0.717) is 31.5 Å². The summed E-state index contributed by atoms with van der Waals surface area (Å²) in [7, 11) is 1.32. The first-order chi connectivity index (χ1) is 15.8. The largest absolute Gasteiger partial charge is 0.469 e. The lowest BCUT2D eigenvalue weighted by atomic mass is 9.97. The molecule has 2 aromatic rings. The van der Waals surface area contributed by atoms with Crippen LogP contribution in [0.1, 0.15) is 18.4 Å². The fraction of sp³-hybridized carbons (Fsp3) is 0.368. The number of esters is 1. The Morgan fingerprint density at radius 3 is 2.36 bits per heavy atom. The predicted octanol–water partition coefficient (Wildman–Crippen LogP) is 1.37. The molecule has 174 valence electrons. The predicted molar refractivity (Wildman–Crippen MR) is 114 cm³/mol. The van der Waals surface area contributed by atoms with E-state index >= 15 is 0 Å². The number of anilines is 2. The van der Waals surface area contributed by atoms with Crippen molar-refractivity contribution in [2.75, 3.05) is 30.5 Å². The van der Waals surface area contributed by atoms with Gasteiger partial charge < -0.3 is 9.64 Å². The minimum atomic E-state index is -0.646. The number of hydrazine groups is 1. The number of nitrogens with zero attached hydrogens (tertiary/aromatic N) is 5. The van der Waals surface area contributed by atoms with Crippen LogP contribution in [0.5, 0.6) is 0 Å². The van der Waals surface area contributed by atoms with Crippen molar-refractivity contribution in [3.05, 3.63) is 56.4 Å². The van der Waals surface area contributed by atoms with Crippen molar-refractivity contribution in [2.24, 2.45) is 5.92 Å². The molecule has 1 aromatic carbocycles. The van der Waals surface area contributed by atoms with Gasteiger partial charge in [0.2, 0.25) is 17.5 Å². The first-order valence-electron chi connectivity index (χ1n) is 9.90. The SMILES string of the molecule is COC(=O)C1CCN(c2ncnc(NNC(=O)Cc3ccc([N+](=O)[O-])cc3)c2[N+](=O)[O-])CC1. The topological polar surface area (TPSA) is 183 Å². The van der Waals surface area contributed by atoms with Crippen molar-refractivity contribution >= 4 is 34.9 Å². The molecular weight excluding hydrogens is 438 g/mol. The van der Waals surface area contributed by atoms with Crippen molar-refractivity contribution in [3.63, 3.8) is 0 Å². The molecule has 1 amide bonds. The Kier molecular flexibility index (Phi) is 7.27. The van der Waals surface area contributed by atoms with E-state index in [1.807, 2.05) is 0 Å². The second-order valence-corrected chi connectivity index (χ2v) is 7.21. The van der Waals surface area contributed by atoms with Gasteiger partial charge in [0.25, 0.3) is 5.69 Å². The van der Waals surface area contributed by atoms with Crippen LogP contribution < -0.4 is 15.8 Å². The summed E-state index contributed by atoms with van der Waals surface area (Å²) in [5.74, 6) is -1.24. The number of piperidine rings is 1. The maximum absolute atomic E-state index is 12.2.